The van der Waals surface area contributed by atoms with Crippen molar-refractivity contribution >= 4 is 17.4 Å². The Hall–Kier alpha value is -1.65. The second-order valence-corrected chi connectivity index (χ2v) is 13.4. The third kappa shape index (κ3) is 27.9. The fourth-order valence-corrected chi connectivity index (χ4v) is 5.02. The third-order valence-corrected chi connectivity index (χ3v) is 7.90. The molecule has 0 aliphatic carbocycles. The lowest BCUT2D eigenvalue weighted by Gasteiger charge is -2.38. The van der Waals surface area contributed by atoms with Crippen LogP contribution in [0.15, 0.2) is 47.6 Å². The molecule has 0 bridgehead atoms. The van der Waals surface area contributed by atoms with Crippen LogP contribution in [-0.2, 0) is 4.74 Å². The molecule has 44 heavy (non-hydrogen) atoms. The van der Waals surface area contributed by atoms with Crippen molar-refractivity contribution in [3.8, 4) is 0 Å². The molecule has 2 heterocycles. The summed E-state index contributed by atoms with van der Waals surface area (Å²) in [4.78, 5) is 4.23. The molecule has 1 aromatic rings. The first-order valence-corrected chi connectivity index (χ1v) is 18.5. The predicted molar refractivity (Wildman–Crippen MR) is 207 cm³/mol. The van der Waals surface area contributed by atoms with Gasteiger partial charge in [0.05, 0.1) is 23.1 Å². The molecule has 3 unspecified atom stereocenters. The summed E-state index contributed by atoms with van der Waals surface area (Å²) in [5.41, 5.74) is 8.91. The Morgan fingerprint density at radius 3 is 2.02 bits per heavy atom. The highest BCUT2D eigenvalue weighted by Gasteiger charge is 2.32. The second-order valence-electron chi connectivity index (χ2n) is 12.3. The molecule has 3 nitrogen and oxygen atoms in total. The van der Waals surface area contributed by atoms with Crippen LogP contribution >= 0.6 is 11.3 Å². The summed E-state index contributed by atoms with van der Waals surface area (Å²) in [5.74, 6) is 2.74. The summed E-state index contributed by atoms with van der Waals surface area (Å²) in [7, 11) is 0. The Balaban J connectivity index is -0.000000325. The normalized spacial score (nSPS) is 21.8. The minimum absolute atomic E-state index is 0.110. The molecular weight excluding hydrogens is 557 g/mol. The monoisotopic (exact) mass is 635 g/mol. The summed E-state index contributed by atoms with van der Waals surface area (Å²) in [6, 6.07) is 0. The Labute approximate surface area is 282 Å². The van der Waals surface area contributed by atoms with Crippen LogP contribution in [0.1, 0.15) is 159 Å². The van der Waals surface area contributed by atoms with Crippen LogP contribution in [0.4, 0.5) is 0 Å². The van der Waals surface area contributed by atoms with Gasteiger partial charge in [-0.15, -0.1) is 11.3 Å². The first-order valence-electron chi connectivity index (χ1n) is 17.6. The largest absolute Gasteiger partial charge is 0.498 e. The highest BCUT2D eigenvalue weighted by Crippen LogP contribution is 2.42. The molecule has 1 aromatic heterocycles. The molecule has 0 saturated carbocycles. The number of aryl methyl sites for hydroxylation is 1. The smallest absolute Gasteiger partial charge is 0.0911 e. The summed E-state index contributed by atoms with van der Waals surface area (Å²) in [6.45, 7) is 42.5. The van der Waals surface area contributed by atoms with Crippen molar-refractivity contribution in [3.63, 3.8) is 0 Å². The number of hydrogen-bond acceptors (Lipinski definition) is 4. The minimum Gasteiger partial charge on any atom is -0.498 e. The lowest BCUT2D eigenvalue weighted by atomic mass is 9.68. The van der Waals surface area contributed by atoms with E-state index in [9.17, 15) is 0 Å². The summed E-state index contributed by atoms with van der Waals surface area (Å²) in [5, 5.41) is 3.18. The van der Waals surface area contributed by atoms with Crippen LogP contribution in [0.25, 0.3) is 6.08 Å². The SMILES string of the molecule is C/C=C\c1csc(C)n1.C=C1CC(C)C(C)(C)C(=C)C(C)CC(C)CCC/C(C)=C\CCO1.CC.CCC.CCC.CCN. The molecule has 2 N–H and O–H groups in total. The Bertz CT molecular complexity index is 845. The number of nitrogens with zero attached hydrogens (tertiary/aromatic N) is 1. The zero-order valence-corrected chi connectivity index (χ0v) is 33.2. The van der Waals surface area contributed by atoms with Gasteiger partial charge in [-0.3, -0.25) is 0 Å². The van der Waals surface area contributed by atoms with Gasteiger partial charge in [-0.25, -0.2) is 4.98 Å². The number of rotatable bonds is 1. The number of thiazole rings is 1. The van der Waals surface area contributed by atoms with Gasteiger partial charge in [-0.2, -0.15) is 0 Å². The molecule has 0 spiro atoms. The van der Waals surface area contributed by atoms with E-state index in [2.05, 4.69) is 98.8 Å². The summed E-state index contributed by atoms with van der Waals surface area (Å²) in [6.07, 6.45) is 15.8. The fourth-order valence-electron chi connectivity index (χ4n) is 4.44. The van der Waals surface area contributed by atoms with Crippen LogP contribution in [0.2, 0.25) is 0 Å². The van der Waals surface area contributed by atoms with E-state index in [1.165, 1.54) is 49.7 Å². The van der Waals surface area contributed by atoms with Gasteiger partial charge in [0.2, 0.25) is 0 Å². The van der Waals surface area contributed by atoms with Crippen molar-refractivity contribution in [2.24, 2.45) is 28.9 Å². The zero-order valence-electron chi connectivity index (χ0n) is 32.4. The topological polar surface area (TPSA) is 48.1 Å². The average Bonchev–Trinajstić information content (AvgIpc) is 3.37. The Kier molecular flexibility index (Phi) is 36.6. The van der Waals surface area contributed by atoms with Gasteiger partial charge in [-0.1, -0.05) is 139 Å². The standard InChI is InChI=1S/C23H40O.C7H9NS.2C3H8.C2H7N.C2H6/c1-17-11-9-12-18(2)15-19(3)22(6)23(7,8)20(4)16-21(5)24-14-10-13-17;1-3-4-7-5-9-6(2)8-7;2*1-3-2;1-2-3;1-2/h13,18-20H,5-6,9-12,14-16H2,1-4,7-8H3;3-5H,1-2H3;2*3H2,1-2H3;2-3H2,1H3;1-2H3/b17-13-;4-3-;;;;. The van der Waals surface area contributed by atoms with E-state index in [0.717, 1.165) is 48.4 Å². The van der Waals surface area contributed by atoms with Crippen LogP contribution in [-0.4, -0.2) is 18.1 Å². The van der Waals surface area contributed by atoms with Crippen molar-refractivity contribution in [1.29, 1.82) is 0 Å². The van der Waals surface area contributed by atoms with E-state index < -0.39 is 0 Å². The number of aromatic nitrogens is 1. The Morgan fingerprint density at radius 2 is 1.57 bits per heavy atom. The van der Waals surface area contributed by atoms with Gasteiger partial charge in [0.1, 0.15) is 0 Å². The predicted octanol–water partition coefficient (Wildman–Crippen LogP) is 13.6. The van der Waals surface area contributed by atoms with Crippen molar-refractivity contribution < 1.29 is 4.74 Å². The molecular formula is C40H78N2OS. The Morgan fingerprint density at radius 1 is 1.05 bits per heavy atom. The molecule has 0 aromatic carbocycles. The lowest BCUT2D eigenvalue weighted by Crippen LogP contribution is -2.28. The summed E-state index contributed by atoms with van der Waals surface area (Å²) < 4.78 is 5.87. The molecule has 3 atom stereocenters. The van der Waals surface area contributed by atoms with Crippen molar-refractivity contribution in [1.82, 2.24) is 4.98 Å². The highest BCUT2D eigenvalue weighted by atomic mass is 32.1. The molecule has 1 aliphatic rings. The van der Waals surface area contributed by atoms with Gasteiger partial charge in [-0.05, 0) is 82.2 Å². The second kappa shape index (κ2) is 32.7. The van der Waals surface area contributed by atoms with E-state index in [1.54, 1.807) is 11.3 Å². The van der Waals surface area contributed by atoms with Crippen molar-refractivity contribution in [2.45, 2.75) is 155 Å². The molecule has 1 aliphatic heterocycles. The van der Waals surface area contributed by atoms with Crippen LogP contribution in [0.3, 0.4) is 0 Å². The zero-order chi connectivity index (χ0) is 35.1. The van der Waals surface area contributed by atoms with Crippen LogP contribution < -0.4 is 5.73 Å². The van der Waals surface area contributed by atoms with Gasteiger partial charge >= 0.3 is 0 Å². The van der Waals surface area contributed by atoms with E-state index in [4.69, 9.17) is 10.5 Å². The molecule has 260 valence electrons. The average molecular weight is 635 g/mol. The van der Waals surface area contributed by atoms with Gasteiger partial charge < -0.3 is 10.5 Å². The molecule has 4 heteroatoms. The number of hydrogen-bond donors (Lipinski definition) is 1. The van der Waals surface area contributed by atoms with E-state index >= 15 is 0 Å². The number of allylic oxidation sites excluding steroid dienone is 4. The molecule has 0 radical (unpaired) electrons. The first kappa shape index (κ1) is 49.2. The molecule has 0 saturated heterocycles. The van der Waals surface area contributed by atoms with Gasteiger partial charge in [0.15, 0.2) is 0 Å². The molecule has 0 amide bonds. The van der Waals surface area contributed by atoms with Crippen LogP contribution in [0.5, 0.6) is 0 Å². The number of nitrogens with two attached hydrogens (primary N) is 1. The third-order valence-electron chi connectivity index (χ3n) is 7.10. The fraction of sp³-hybridized carbons (Fsp3) is 0.725. The minimum atomic E-state index is 0.110. The highest BCUT2D eigenvalue weighted by molar-refractivity contribution is 7.09. The van der Waals surface area contributed by atoms with Crippen LogP contribution in [0, 0.1) is 30.1 Å². The van der Waals surface area contributed by atoms with E-state index in [0.29, 0.717) is 11.8 Å². The molecule has 2 rings (SSSR count). The van der Waals surface area contributed by atoms with Crippen molar-refractivity contribution in [3.05, 3.63) is 58.3 Å². The van der Waals surface area contributed by atoms with E-state index in [-0.39, 0.29) is 5.41 Å². The summed E-state index contributed by atoms with van der Waals surface area (Å²) >= 11 is 1.68. The van der Waals surface area contributed by atoms with Crippen molar-refractivity contribution in [2.75, 3.05) is 13.2 Å². The maximum Gasteiger partial charge on any atom is 0.0911 e. The lowest BCUT2D eigenvalue weighted by molar-refractivity contribution is 0.170. The van der Waals surface area contributed by atoms with E-state index in [1.807, 2.05) is 46.8 Å². The first-order chi connectivity index (χ1) is 20.7. The maximum atomic E-state index is 5.87. The van der Waals surface area contributed by atoms with Gasteiger partial charge in [0.25, 0.3) is 0 Å². The quantitative estimate of drug-likeness (QED) is 0.313. The van der Waals surface area contributed by atoms with Gasteiger partial charge in [0, 0.05) is 11.8 Å². The number of ether oxygens (including phenoxy) is 1. The maximum absolute atomic E-state index is 5.87. The molecule has 0 fully saturated rings.